The summed E-state index contributed by atoms with van der Waals surface area (Å²) >= 11 is 1.82. The average molecular weight is 155 g/mol. The minimum Gasteiger partial charge on any atom is -0.312 e. The highest BCUT2D eigenvalue weighted by Crippen LogP contribution is 2.20. The van der Waals surface area contributed by atoms with Gasteiger partial charge in [-0.2, -0.15) is 0 Å². The monoisotopic (exact) mass is 155 g/mol. The molecule has 0 aliphatic heterocycles. The molecular formula is C8H13NS. The predicted molar refractivity (Wildman–Crippen MR) is 46.4 cm³/mol. The maximum absolute atomic E-state index is 3.26. The second-order valence-corrected chi connectivity index (χ2v) is 3.24. The largest absolute Gasteiger partial charge is 0.312 e. The number of hydrogen-bond donors (Lipinski definition) is 1. The number of thiophene rings is 1. The summed E-state index contributed by atoms with van der Waals surface area (Å²) < 4.78 is 0. The lowest BCUT2D eigenvalue weighted by Crippen LogP contribution is -2.13. The lowest BCUT2D eigenvalue weighted by Gasteiger charge is -2.10. The third-order valence-electron chi connectivity index (χ3n) is 1.64. The van der Waals surface area contributed by atoms with Crippen LogP contribution >= 0.6 is 11.3 Å². The van der Waals surface area contributed by atoms with E-state index in [0.29, 0.717) is 6.04 Å². The smallest absolute Gasteiger partial charge is 0.0409 e. The van der Waals surface area contributed by atoms with Crippen LogP contribution in [0.15, 0.2) is 17.5 Å². The molecule has 10 heavy (non-hydrogen) atoms. The second kappa shape index (κ2) is 3.74. The summed E-state index contributed by atoms with van der Waals surface area (Å²) in [5.74, 6) is 0. The van der Waals surface area contributed by atoms with Gasteiger partial charge in [0, 0.05) is 10.9 Å². The van der Waals surface area contributed by atoms with Crippen molar-refractivity contribution in [3.8, 4) is 0 Å². The van der Waals surface area contributed by atoms with Gasteiger partial charge in [-0.1, -0.05) is 13.0 Å². The van der Waals surface area contributed by atoms with Crippen LogP contribution in [0.2, 0.25) is 0 Å². The average Bonchev–Trinajstić information content (AvgIpc) is 2.43. The van der Waals surface area contributed by atoms with E-state index in [9.17, 15) is 0 Å². The van der Waals surface area contributed by atoms with E-state index in [1.54, 1.807) is 0 Å². The van der Waals surface area contributed by atoms with Crippen LogP contribution in [0.4, 0.5) is 0 Å². The van der Waals surface area contributed by atoms with Crippen LogP contribution in [0.5, 0.6) is 0 Å². The number of rotatable bonds is 3. The summed E-state index contributed by atoms with van der Waals surface area (Å²) in [6.45, 7) is 2.20. The van der Waals surface area contributed by atoms with Gasteiger partial charge in [0.2, 0.25) is 0 Å². The zero-order chi connectivity index (χ0) is 7.40. The Labute approximate surface area is 66.1 Å². The summed E-state index contributed by atoms with van der Waals surface area (Å²) in [5.41, 5.74) is 0. The maximum Gasteiger partial charge on any atom is 0.0409 e. The Morgan fingerprint density at radius 1 is 1.70 bits per heavy atom. The van der Waals surface area contributed by atoms with Crippen molar-refractivity contribution >= 4 is 11.3 Å². The zero-order valence-corrected chi connectivity index (χ0v) is 7.24. The molecule has 0 spiro atoms. The van der Waals surface area contributed by atoms with Crippen molar-refractivity contribution in [2.24, 2.45) is 0 Å². The Morgan fingerprint density at radius 3 is 2.90 bits per heavy atom. The minimum atomic E-state index is 0.556. The van der Waals surface area contributed by atoms with Crippen LogP contribution in [0, 0.1) is 0 Å². The van der Waals surface area contributed by atoms with Crippen LogP contribution in [0.25, 0.3) is 0 Å². The highest BCUT2D eigenvalue weighted by Gasteiger charge is 2.05. The van der Waals surface area contributed by atoms with Gasteiger partial charge in [0.1, 0.15) is 0 Å². The van der Waals surface area contributed by atoms with Crippen LogP contribution in [-0.4, -0.2) is 7.05 Å². The first kappa shape index (κ1) is 7.76. The Bertz CT molecular complexity index is 165. The molecule has 0 fully saturated rings. The molecule has 1 N–H and O–H groups in total. The molecule has 0 bridgehead atoms. The quantitative estimate of drug-likeness (QED) is 0.707. The fourth-order valence-corrected chi connectivity index (χ4v) is 1.96. The van der Waals surface area contributed by atoms with E-state index in [0.717, 1.165) is 6.42 Å². The Hall–Kier alpha value is -0.340. The second-order valence-electron chi connectivity index (χ2n) is 2.26. The summed E-state index contributed by atoms with van der Waals surface area (Å²) in [7, 11) is 2.01. The van der Waals surface area contributed by atoms with Crippen molar-refractivity contribution in [1.82, 2.24) is 5.32 Å². The molecular weight excluding hydrogens is 142 g/mol. The van der Waals surface area contributed by atoms with Gasteiger partial charge in [0.05, 0.1) is 0 Å². The van der Waals surface area contributed by atoms with Crippen molar-refractivity contribution in [3.63, 3.8) is 0 Å². The van der Waals surface area contributed by atoms with Gasteiger partial charge in [-0.25, -0.2) is 0 Å². The third-order valence-corrected chi connectivity index (χ3v) is 2.63. The highest BCUT2D eigenvalue weighted by atomic mass is 32.1. The van der Waals surface area contributed by atoms with E-state index in [1.165, 1.54) is 4.88 Å². The molecule has 0 aliphatic carbocycles. The molecule has 0 aliphatic rings. The lowest BCUT2D eigenvalue weighted by molar-refractivity contribution is 0.586. The molecule has 2 heteroatoms. The molecule has 1 aromatic rings. The standard InChI is InChI=1S/C8H13NS/c1-3-7(9-2)8-5-4-6-10-8/h4-7,9H,3H2,1-2H3/t7-/m1/s1. The Morgan fingerprint density at radius 2 is 2.50 bits per heavy atom. The predicted octanol–water partition coefficient (Wildman–Crippen LogP) is 2.42. The van der Waals surface area contributed by atoms with Crippen LogP contribution in [0.3, 0.4) is 0 Å². The summed E-state index contributed by atoms with van der Waals surface area (Å²) in [5, 5.41) is 5.38. The fraction of sp³-hybridized carbons (Fsp3) is 0.500. The summed E-state index contributed by atoms with van der Waals surface area (Å²) in [6.07, 6.45) is 1.16. The SMILES string of the molecule is CC[C@@H](NC)c1cccs1. The van der Waals surface area contributed by atoms with E-state index in [2.05, 4.69) is 29.8 Å². The van der Waals surface area contributed by atoms with E-state index < -0.39 is 0 Å². The van der Waals surface area contributed by atoms with Crippen LogP contribution in [0.1, 0.15) is 24.3 Å². The Balaban J connectivity index is 2.64. The number of nitrogens with one attached hydrogen (secondary N) is 1. The summed E-state index contributed by atoms with van der Waals surface area (Å²) in [6, 6.07) is 4.83. The fourth-order valence-electron chi connectivity index (χ4n) is 1.04. The van der Waals surface area contributed by atoms with Gasteiger partial charge in [-0.3, -0.25) is 0 Å². The number of hydrogen-bond acceptors (Lipinski definition) is 2. The van der Waals surface area contributed by atoms with Crippen molar-refractivity contribution in [2.45, 2.75) is 19.4 Å². The lowest BCUT2D eigenvalue weighted by atomic mass is 10.2. The molecule has 0 aromatic carbocycles. The van der Waals surface area contributed by atoms with Crippen LogP contribution < -0.4 is 5.32 Å². The normalized spacial score (nSPS) is 13.4. The zero-order valence-electron chi connectivity index (χ0n) is 6.42. The molecule has 0 radical (unpaired) electrons. The van der Waals surface area contributed by atoms with Gasteiger partial charge in [-0.05, 0) is 24.9 Å². The van der Waals surface area contributed by atoms with Crippen LogP contribution in [-0.2, 0) is 0 Å². The molecule has 1 nitrogen and oxygen atoms in total. The molecule has 1 rings (SSSR count). The first-order valence-corrected chi connectivity index (χ1v) is 4.47. The third kappa shape index (κ3) is 1.58. The molecule has 0 saturated heterocycles. The Kier molecular flexibility index (Phi) is 2.90. The first-order chi connectivity index (χ1) is 4.88. The summed E-state index contributed by atoms with van der Waals surface area (Å²) in [4.78, 5) is 1.44. The van der Waals surface area contributed by atoms with Crippen molar-refractivity contribution in [2.75, 3.05) is 7.05 Å². The topological polar surface area (TPSA) is 12.0 Å². The van der Waals surface area contributed by atoms with Crippen molar-refractivity contribution in [3.05, 3.63) is 22.4 Å². The highest BCUT2D eigenvalue weighted by molar-refractivity contribution is 7.10. The molecule has 1 heterocycles. The molecule has 56 valence electrons. The van der Waals surface area contributed by atoms with Gasteiger partial charge in [0.15, 0.2) is 0 Å². The van der Waals surface area contributed by atoms with Gasteiger partial charge in [-0.15, -0.1) is 11.3 Å². The maximum atomic E-state index is 3.26. The molecule has 0 unspecified atom stereocenters. The van der Waals surface area contributed by atoms with E-state index >= 15 is 0 Å². The molecule has 1 atom stereocenters. The molecule has 0 saturated carbocycles. The molecule has 1 aromatic heterocycles. The van der Waals surface area contributed by atoms with Crippen molar-refractivity contribution in [1.29, 1.82) is 0 Å². The van der Waals surface area contributed by atoms with E-state index in [-0.39, 0.29) is 0 Å². The van der Waals surface area contributed by atoms with Crippen molar-refractivity contribution < 1.29 is 0 Å². The van der Waals surface area contributed by atoms with E-state index in [4.69, 9.17) is 0 Å². The van der Waals surface area contributed by atoms with Gasteiger partial charge in [0.25, 0.3) is 0 Å². The minimum absolute atomic E-state index is 0.556. The van der Waals surface area contributed by atoms with E-state index in [1.807, 2.05) is 18.4 Å². The van der Waals surface area contributed by atoms with Gasteiger partial charge >= 0.3 is 0 Å². The first-order valence-electron chi connectivity index (χ1n) is 3.59. The molecule has 0 amide bonds. The van der Waals surface area contributed by atoms with Gasteiger partial charge < -0.3 is 5.32 Å².